The van der Waals surface area contributed by atoms with Crippen molar-refractivity contribution in [1.29, 1.82) is 0 Å². The third kappa shape index (κ3) is 1.19. The number of hydrogen-bond acceptors (Lipinski definition) is 5. The third-order valence-electron chi connectivity index (χ3n) is 2.30. The summed E-state index contributed by atoms with van der Waals surface area (Å²) in [6, 6.07) is 0. The fourth-order valence-electron chi connectivity index (χ4n) is 1.36. The minimum Gasteiger partial charge on any atom is -0.316 e. The summed E-state index contributed by atoms with van der Waals surface area (Å²) >= 11 is 5.44. The molecule has 0 fully saturated rings. The number of nitrogens with zero attached hydrogens (tertiary/aromatic N) is 5. The lowest BCUT2D eigenvalue weighted by atomic mass is 10.2. The normalized spacial score (nSPS) is 15.8. The van der Waals surface area contributed by atoms with Gasteiger partial charge in [-0.15, -0.1) is 0 Å². The smallest absolute Gasteiger partial charge is 0.251 e. The standard InChI is InChI=1S/C7H8ClN5O/c1-4-5(6(8)14)3-13-7(12(4)2)9-10-11-13/h3H2,1-2H3. The number of carbonyl (C=O) groups is 1. The van der Waals surface area contributed by atoms with Crippen molar-refractivity contribution in [2.24, 2.45) is 0 Å². The minimum atomic E-state index is -0.462. The number of carbonyl (C=O) groups excluding carboxylic acids is 1. The van der Waals surface area contributed by atoms with E-state index in [1.165, 1.54) is 4.68 Å². The average molecular weight is 214 g/mol. The van der Waals surface area contributed by atoms with Crippen molar-refractivity contribution in [3.63, 3.8) is 0 Å². The van der Waals surface area contributed by atoms with Gasteiger partial charge in [-0.1, -0.05) is 5.10 Å². The van der Waals surface area contributed by atoms with Crippen LogP contribution in [0.4, 0.5) is 5.95 Å². The van der Waals surface area contributed by atoms with Crippen LogP contribution in [0.5, 0.6) is 0 Å². The number of allylic oxidation sites excluding steroid dienone is 2. The maximum atomic E-state index is 11.1. The van der Waals surface area contributed by atoms with Crippen LogP contribution < -0.4 is 4.90 Å². The van der Waals surface area contributed by atoms with Gasteiger partial charge in [0.05, 0.1) is 12.1 Å². The molecule has 0 aliphatic carbocycles. The van der Waals surface area contributed by atoms with E-state index < -0.39 is 5.24 Å². The van der Waals surface area contributed by atoms with Crippen LogP contribution in [0.3, 0.4) is 0 Å². The van der Waals surface area contributed by atoms with E-state index in [1.54, 1.807) is 11.9 Å². The summed E-state index contributed by atoms with van der Waals surface area (Å²) in [4.78, 5) is 12.8. The fourth-order valence-corrected chi connectivity index (χ4v) is 1.56. The van der Waals surface area contributed by atoms with Gasteiger partial charge >= 0.3 is 0 Å². The first-order valence-electron chi connectivity index (χ1n) is 4.00. The van der Waals surface area contributed by atoms with Crippen LogP contribution in [-0.4, -0.2) is 32.5 Å². The summed E-state index contributed by atoms with van der Waals surface area (Å²) in [7, 11) is 1.79. The van der Waals surface area contributed by atoms with Gasteiger partial charge in [0.1, 0.15) is 0 Å². The van der Waals surface area contributed by atoms with Gasteiger partial charge in [-0.05, 0) is 29.0 Å². The zero-order valence-corrected chi connectivity index (χ0v) is 8.49. The number of anilines is 1. The molecule has 0 saturated carbocycles. The second-order valence-corrected chi connectivity index (χ2v) is 3.38. The Morgan fingerprint density at radius 1 is 1.57 bits per heavy atom. The van der Waals surface area contributed by atoms with Gasteiger partial charge in [-0.2, -0.15) is 0 Å². The van der Waals surface area contributed by atoms with Crippen molar-refractivity contribution in [2.45, 2.75) is 13.5 Å². The van der Waals surface area contributed by atoms with Crippen molar-refractivity contribution in [3.8, 4) is 0 Å². The van der Waals surface area contributed by atoms with E-state index in [9.17, 15) is 4.79 Å². The molecule has 14 heavy (non-hydrogen) atoms. The molecule has 74 valence electrons. The number of tetrazole rings is 1. The van der Waals surface area contributed by atoms with Crippen molar-refractivity contribution >= 4 is 22.8 Å². The molecule has 7 heteroatoms. The molecule has 1 aromatic heterocycles. The van der Waals surface area contributed by atoms with Gasteiger partial charge in [-0.25, -0.2) is 4.68 Å². The largest absolute Gasteiger partial charge is 0.316 e. The highest BCUT2D eigenvalue weighted by molar-refractivity contribution is 6.67. The summed E-state index contributed by atoms with van der Waals surface area (Å²) in [5.74, 6) is 0.615. The summed E-state index contributed by atoms with van der Waals surface area (Å²) in [5.41, 5.74) is 1.31. The maximum Gasteiger partial charge on any atom is 0.251 e. The summed E-state index contributed by atoms with van der Waals surface area (Å²) in [5, 5.41) is 10.6. The van der Waals surface area contributed by atoms with Crippen LogP contribution in [0.25, 0.3) is 0 Å². The minimum absolute atomic E-state index is 0.334. The third-order valence-corrected chi connectivity index (χ3v) is 2.53. The van der Waals surface area contributed by atoms with Crippen molar-refractivity contribution in [3.05, 3.63) is 11.3 Å². The fraction of sp³-hybridized carbons (Fsp3) is 0.429. The highest BCUT2D eigenvalue weighted by Gasteiger charge is 2.25. The van der Waals surface area contributed by atoms with Crippen molar-refractivity contribution in [2.75, 3.05) is 11.9 Å². The monoisotopic (exact) mass is 213 g/mol. The lowest BCUT2D eigenvalue weighted by molar-refractivity contribution is -0.108. The van der Waals surface area contributed by atoms with E-state index in [2.05, 4.69) is 15.5 Å². The molecule has 0 bridgehead atoms. The molecule has 0 radical (unpaired) electrons. The van der Waals surface area contributed by atoms with Crippen LogP contribution in [0.1, 0.15) is 6.92 Å². The molecule has 1 aromatic rings. The molecular weight excluding hydrogens is 206 g/mol. The number of hydrogen-bond donors (Lipinski definition) is 0. The molecule has 0 unspecified atom stereocenters. The lowest BCUT2D eigenvalue weighted by Gasteiger charge is -2.25. The predicted molar refractivity (Wildman–Crippen MR) is 49.8 cm³/mol. The number of rotatable bonds is 1. The highest BCUT2D eigenvalue weighted by Crippen LogP contribution is 2.24. The second kappa shape index (κ2) is 3.06. The van der Waals surface area contributed by atoms with Crippen LogP contribution in [0.2, 0.25) is 0 Å². The van der Waals surface area contributed by atoms with Crippen LogP contribution >= 0.6 is 11.6 Å². The van der Waals surface area contributed by atoms with E-state index >= 15 is 0 Å². The molecule has 2 heterocycles. The molecule has 0 saturated heterocycles. The topological polar surface area (TPSA) is 63.9 Å². The van der Waals surface area contributed by atoms with E-state index in [0.717, 1.165) is 5.70 Å². The molecular formula is C7H8ClN5O. The molecule has 2 rings (SSSR count). The quantitative estimate of drug-likeness (QED) is 0.622. The Hall–Kier alpha value is -1.43. The van der Waals surface area contributed by atoms with E-state index in [0.29, 0.717) is 18.1 Å². The molecule has 1 aliphatic rings. The molecule has 0 spiro atoms. The number of halogens is 1. The van der Waals surface area contributed by atoms with Gasteiger partial charge < -0.3 is 4.90 Å². The van der Waals surface area contributed by atoms with Crippen molar-refractivity contribution < 1.29 is 4.79 Å². The molecule has 0 amide bonds. The van der Waals surface area contributed by atoms with E-state index in [4.69, 9.17) is 11.6 Å². The first-order chi connectivity index (χ1) is 6.61. The highest BCUT2D eigenvalue weighted by atomic mass is 35.5. The Balaban J connectivity index is 2.49. The van der Waals surface area contributed by atoms with E-state index in [1.807, 2.05) is 6.92 Å². The van der Waals surface area contributed by atoms with Gasteiger partial charge in [-0.3, -0.25) is 4.79 Å². The Bertz CT molecular complexity index is 423. The molecule has 0 aromatic carbocycles. The summed E-state index contributed by atoms with van der Waals surface area (Å²) < 4.78 is 1.53. The number of aromatic nitrogens is 4. The molecule has 1 aliphatic heterocycles. The zero-order chi connectivity index (χ0) is 10.3. The Morgan fingerprint density at radius 3 is 2.93 bits per heavy atom. The van der Waals surface area contributed by atoms with Crippen molar-refractivity contribution in [1.82, 2.24) is 20.2 Å². The van der Waals surface area contributed by atoms with Gasteiger partial charge in [0.2, 0.25) is 5.95 Å². The Labute approximate surface area is 85.1 Å². The first kappa shape index (κ1) is 9.14. The van der Waals surface area contributed by atoms with Gasteiger partial charge in [0, 0.05) is 12.7 Å². The van der Waals surface area contributed by atoms with Crippen LogP contribution in [-0.2, 0) is 11.3 Å². The summed E-state index contributed by atoms with van der Waals surface area (Å²) in [6.07, 6.45) is 0. The SMILES string of the molecule is CC1=C(C(=O)Cl)Cn2nnnc2N1C. The average Bonchev–Trinajstić information content (AvgIpc) is 2.58. The predicted octanol–water partition coefficient (Wildman–Crippen LogP) is 0.162. The maximum absolute atomic E-state index is 11.1. The molecule has 6 nitrogen and oxygen atoms in total. The van der Waals surface area contributed by atoms with Crippen LogP contribution in [0.15, 0.2) is 11.3 Å². The van der Waals surface area contributed by atoms with Gasteiger partial charge in [0.15, 0.2) is 0 Å². The van der Waals surface area contributed by atoms with Gasteiger partial charge in [0.25, 0.3) is 5.24 Å². The second-order valence-electron chi connectivity index (χ2n) is 3.03. The number of fused-ring (bicyclic) bond motifs is 1. The Kier molecular flexibility index (Phi) is 1.99. The first-order valence-corrected chi connectivity index (χ1v) is 4.38. The van der Waals surface area contributed by atoms with E-state index in [-0.39, 0.29) is 0 Å². The van der Waals surface area contributed by atoms with Crippen LogP contribution in [0, 0.1) is 0 Å². The lowest BCUT2D eigenvalue weighted by Crippen LogP contribution is -2.28. The Morgan fingerprint density at radius 2 is 2.29 bits per heavy atom. The summed E-state index contributed by atoms with van der Waals surface area (Å²) in [6.45, 7) is 2.15. The molecule has 0 atom stereocenters. The zero-order valence-electron chi connectivity index (χ0n) is 7.73. The molecule has 0 N–H and O–H groups in total.